The molecule has 2 unspecified atom stereocenters. The van der Waals surface area contributed by atoms with Crippen LogP contribution in [0.15, 0.2) is 15.9 Å². The normalized spacial score (nSPS) is 25.1. The van der Waals surface area contributed by atoms with Crippen molar-refractivity contribution < 1.29 is 0 Å². The molecule has 0 spiro atoms. The Kier molecular flexibility index (Phi) is 5.20. The van der Waals surface area contributed by atoms with Gasteiger partial charge < -0.3 is 5.32 Å². The van der Waals surface area contributed by atoms with E-state index in [1.54, 1.807) is 0 Å². The van der Waals surface area contributed by atoms with Gasteiger partial charge in [0.1, 0.15) is 0 Å². The zero-order valence-corrected chi connectivity index (χ0v) is 12.8. The molecule has 1 aromatic heterocycles. The highest BCUT2D eigenvalue weighted by atomic mass is 79.9. The summed E-state index contributed by atoms with van der Waals surface area (Å²) in [5, 5.41) is 5.86. The molecule has 16 heavy (non-hydrogen) atoms. The number of halogens is 1. The minimum Gasteiger partial charge on any atom is -0.313 e. The zero-order chi connectivity index (χ0) is 11.4. The van der Waals surface area contributed by atoms with Gasteiger partial charge in [-0.05, 0) is 58.4 Å². The summed E-state index contributed by atoms with van der Waals surface area (Å²) in [5.74, 6) is 3.41. The lowest BCUT2D eigenvalue weighted by atomic mass is 9.99. The van der Waals surface area contributed by atoms with E-state index in [1.807, 2.05) is 11.3 Å². The SMILES string of the molecule is CCCNC1CSCC1Cc1sccc1Br. The highest BCUT2D eigenvalue weighted by Crippen LogP contribution is 2.32. The Morgan fingerprint density at radius 2 is 2.38 bits per heavy atom. The van der Waals surface area contributed by atoms with Gasteiger partial charge in [-0.2, -0.15) is 11.8 Å². The predicted octanol–water partition coefficient (Wildman–Crippen LogP) is 3.78. The van der Waals surface area contributed by atoms with Gasteiger partial charge in [0.2, 0.25) is 0 Å². The van der Waals surface area contributed by atoms with Gasteiger partial charge >= 0.3 is 0 Å². The second-order valence-electron chi connectivity index (χ2n) is 4.25. The fourth-order valence-corrected chi connectivity index (χ4v) is 5.11. The number of hydrogen-bond acceptors (Lipinski definition) is 3. The van der Waals surface area contributed by atoms with Crippen molar-refractivity contribution in [2.24, 2.45) is 5.92 Å². The third-order valence-electron chi connectivity index (χ3n) is 2.99. The van der Waals surface area contributed by atoms with E-state index >= 15 is 0 Å². The second kappa shape index (κ2) is 6.43. The van der Waals surface area contributed by atoms with Crippen molar-refractivity contribution in [2.75, 3.05) is 18.1 Å². The molecule has 2 rings (SSSR count). The first-order valence-corrected chi connectivity index (χ1v) is 8.67. The van der Waals surface area contributed by atoms with Crippen LogP contribution < -0.4 is 5.32 Å². The molecule has 0 radical (unpaired) electrons. The molecule has 2 heterocycles. The maximum Gasteiger partial charge on any atom is 0.0314 e. The molecule has 90 valence electrons. The van der Waals surface area contributed by atoms with Crippen molar-refractivity contribution in [3.8, 4) is 0 Å². The number of thiophene rings is 1. The molecule has 1 nitrogen and oxygen atoms in total. The lowest BCUT2D eigenvalue weighted by molar-refractivity contribution is 0.427. The van der Waals surface area contributed by atoms with E-state index in [4.69, 9.17) is 0 Å². The Morgan fingerprint density at radius 1 is 1.50 bits per heavy atom. The van der Waals surface area contributed by atoms with Crippen LogP contribution in [0.25, 0.3) is 0 Å². The summed E-state index contributed by atoms with van der Waals surface area (Å²) in [7, 11) is 0. The van der Waals surface area contributed by atoms with Gasteiger partial charge in [0.25, 0.3) is 0 Å². The quantitative estimate of drug-likeness (QED) is 0.886. The van der Waals surface area contributed by atoms with E-state index in [1.165, 1.54) is 33.7 Å². The summed E-state index contributed by atoms with van der Waals surface area (Å²) in [6.07, 6.45) is 2.46. The maximum absolute atomic E-state index is 3.68. The fraction of sp³-hybridized carbons (Fsp3) is 0.667. The zero-order valence-electron chi connectivity index (χ0n) is 9.54. The first-order chi connectivity index (χ1) is 7.81. The van der Waals surface area contributed by atoms with Gasteiger partial charge in [-0.1, -0.05) is 6.92 Å². The molecular weight excluding hydrogens is 302 g/mol. The fourth-order valence-electron chi connectivity index (χ4n) is 2.06. The Labute approximate surface area is 115 Å². The summed E-state index contributed by atoms with van der Waals surface area (Å²) < 4.78 is 1.30. The standard InChI is InChI=1S/C12H18BrNS2/c1-2-4-14-11-8-15-7-9(11)6-12-10(13)3-5-16-12/h3,5,9,11,14H,2,4,6-8H2,1H3. The predicted molar refractivity (Wildman–Crippen MR) is 78.6 cm³/mol. The van der Waals surface area contributed by atoms with Gasteiger partial charge in [0, 0.05) is 21.1 Å². The Hall–Kier alpha value is 0.490. The average molecular weight is 320 g/mol. The number of hydrogen-bond donors (Lipinski definition) is 1. The van der Waals surface area contributed by atoms with Gasteiger partial charge in [-0.15, -0.1) is 11.3 Å². The first kappa shape index (κ1) is 12.9. The van der Waals surface area contributed by atoms with Crippen molar-refractivity contribution >= 4 is 39.0 Å². The molecule has 0 aliphatic carbocycles. The van der Waals surface area contributed by atoms with E-state index in [0.29, 0.717) is 0 Å². The monoisotopic (exact) mass is 319 g/mol. The van der Waals surface area contributed by atoms with E-state index in [2.05, 4.69) is 51.4 Å². The lowest BCUT2D eigenvalue weighted by Crippen LogP contribution is -2.36. The first-order valence-electron chi connectivity index (χ1n) is 5.84. The van der Waals surface area contributed by atoms with Gasteiger partial charge in [-0.3, -0.25) is 0 Å². The van der Waals surface area contributed by atoms with Crippen LogP contribution in [0.3, 0.4) is 0 Å². The largest absolute Gasteiger partial charge is 0.313 e. The van der Waals surface area contributed by atoms with Crippen LogP contribution in [0.1, 0.15) is 18.2 Å². The molecule has 1 aromatic rings. The van der Waals surface area contributed by atoms with Crippen LogP contribution in [-0.4, -0.2) is 24.1 Å². The molecule has 4 heteroatoms. The molecule has 1 fully saturated rings. The molecule has 0 bridgehead atoms. The van der Waals surface area contributed by atoms with E-state index in [-0.39, 0.29) is 0 Å². The minimum absolute atomic E-state index is 0.721. The molecule has 0 saturated carbocycles. The third-order valence-corrected chi connectivity index (χ3v) is 6.20. The number of rotatable bonds is 5. The topological polar surface area (TPSA) is 12.0 Å². The van der Waals surface area contributed by atoms with Crippen molar-refractivity contribution in [2.45, 2.75) is 25.8 Å². The maximum atomic E-state index is 3.68. The molecule has 1 aliphatic heterocycles. The van der Waals surface area contributed by atoms with E-state index < -0.39 is 0 Å². The highest BCUT2D eigenvalue weighted by Gasteiger charge is 2.27. The van der Waals surface area contributed by atoms with Gasteiger partial charge in [-0.25, -0.2) is 0 Å². The van der Waals surface area contributed by atoms with Crippen LogP contribution in [0.5, 0.6) is 0 Å². The molecule has 1 aliphatic rings. The molecular formula is C12H18BrNS2. The summed E-state index contributed by atoms with van der Waals surface area (Å²) in [6, 6.07) is 2.88. The van der Waals surface area contributed by atoms with Crippen molar-refractivity contribution in [3.05, 3.63) is 20.8 Å². The summed E-state index contributed by atoms with van der Waals surface area (Å²) in [4.78, 5) is 1.51. The van der Waals surface area contributed by atoms with E-state index in [9.17, 15) is 0 Å². The summed E-state index contributed by atoms with van der Waals surface area (Å²) in [5.41, 5.74) is 0. The van der Waals surface area contributed by atoms with Gasteiger partial charge in [0.15, 0.2) is 0 Å². The van der Waals surface area contributed by atoms with Crippen molar-refractivity contribution in [1.29, 1.82) is 0 Å². The Morgan fingerprint density at radius 3 is 3.06 bits per heavy atom. The van der Waals surface area contributed by atoms with Crippen LogP contribution in [-0.2, 0) is 6.42 Å². The Balaban J connectivity index is 1.91. The van der Waals surface area contributed by atoms with Crippen molar-refractivity contribution in [3.63, 3.8) is 0 Å². The highest BCUT2D eigenvalue weighted by molar-refractivity contribution is 9.10. The molecule has 0 amide bonds. The van der Waals surface area contributed by atoms with Crippen LogP contribution in [0, 0.1) is 5.92 Å². The number of nitrogens with one attached hydrogen (secondary N) is 1. The molecule has 0 aromatic carbocycles. The number of thioether (sulfide) groups is 1. The summed E-state index contributed by atoms with van der Waals surface area (Å²) in [6.45, 7) is 3.40. The average Bonchev–Trinajstić information content (AvgIpc) is 2.87. The molecule has 1 saturated heterocycles. The van der Waals surface area contributed by atoms with Gasteiger partial charge in [0.05, 0.1) is 0 Å². The Bertz CT molecular complexity index is 327. The minimum atomic E-state index is 0.721. The molecule has 2 atom stereocenters. The van der Waals surface area contributed by atoms with E-state index in [0.717, 1.165) is 18.5 Å². The van der Waals surface area contributed by atoms with Crippen LogP contribution >= 0.6 is 39.0 Å². The molecule has 1 N–H and O–H groups in total. The summed E-state index contributed by atoms with van der Waals surface area (Å²) >= 11 is 7.60. The van der Waals surface area contributed by atoms with Crippen molar-refractivity contribution in [1.82, 2.24) is 5.32 Å². The third kappa shape index (κ3) is 3.25. The van der Waals surface area contributed by atoms with Crippen LogP contribution in [0.2, 0.25) is 0 Å². The lowest BCUT2D eigenvalue weighted by Gasteiger charge is -2.19. The second-order valence-corrected chi connectivity index (χ2v) is 7.18. The smallest absolute Gasteiger partial charge is 0.0314 e. The van der Waals surface area contributed by atoms with Crippen LogP contribution in [0.4, 0.5) is 0 Å².